The number of ether oxygens (including phenoxy) is 2. The van der Waals surface area contributed by atoms with E-state index in [1.54, 1.807) is 50.2 Å². The van der Waals surface area contributed by atoms with Crippen LogP contribution in [0.5, 0.6) is 11.5 Å². The molecule has 0 saturated heterocycles. The van der Waals surface area contributed by atoms with Crippen molar-refractivity contribution < 1.29 is 38.6 Å². The van der Waals surface area contributed by atoms with Gasteiger partial charge in [-0.2, -0.15) is 5.26 Å². The van der Waals surface area contributed by atoms with Crippen LogP contribution in [0.25, 0.3) is 22.5 Å². The number of nitrogens with one attached hydrogen (secondary N) is 4. The number of benzene rings is 3. The van der Waals surface area contributed by atoms with Crippen LogP contribution >= 0.6 is 0 Å². The number of rotatable bonds is 16. The maximum Gasteiger partial charge on any atom is 0.255 e. The number of aliphatic hydroxyl groups excluding tert-OH is 1. The zero-order valence-corrected chi connectivity index (χ0v) is 39.6. The summed E-state index contributed by atoms with van der Waals surface area (Å²) in [6.45, 7) is 10.8. The summed E-state index contributed by atoms with van der Waals surface area (Å²) < 4.78 is 12.2. The molecular weight excluding hydrogens is 871 g/mol. The number of nitrogens with two attached hydrogens (primary N) is 3. The van der Waals surface area contributed by atoms with E-state index >= 15 is 0 Å². The zero-order valence-electron chi connectivity index (χ0n) is 39.6. The molecule has 0 unspecified atom stereocenters. The van der Waals surface area contributed by atoms with Crippen LogP contribution in [0, 0.1) is 25.2 Å². The minimum absolute atomic E-state index is 0.0214. The Bertz CT molecular complexity index is 2500. The summed E-state index contributed by atoms with van der Waals surface area (Å²) in [6, 6.07) is 14.5. The maximum atomic E-state index is 14.8. The van der Waals surface area contributed by atoms with Gasteiger partial charge in [-0.15, -0.1) is 0 Å². The van der Waals surface area contributed by atoms with Crippen LogP contribution in [0.3, 0.4) is 0 Å². The number of hydrogen-bond donors (Lipinski definition) is 8. The van der Waals surface area contributed by atoms with Crippen molar-refractivity contribution in [3.8, 4) is 40.1 Å². The van der Waals surface area contributed by atoms with Crippen molar-refractivity contribution in [3.63, 3.8) is 0 Å². The fourth-order valence-corrected chi connectivity index (χ4v) is 7.74. The van der Waals surface area contributed by atoms with Gasteiger partial charge in [0.25, 0.3) is 5.91 Å². The average molecular weight is 934 g/mol. The number of nitriles is 1. The minimum Gasteiger partial charge on any atom is -0.492 e. The number of aliphatic hydroxyl groups is 1. The molecule has 3 aromatic carbocycles. The quantitative estimate of drug-likeness (QED) is 0.0741. The van der Waals surface area contributed by atoms with E-state index in [-0.39, 0.29) is 74.5 Å². The standard InChI is InChI=1S/C49H63N11O8/c1-27-41(28(2)56-43(55-27)31-9-12-33(13-10-31)49(4,5)6)46(64)58-37(16-17-50)48(66)60(7)42-32-11-15-40(68-26-34(61)25-53)36(24-32)35-22-30(8-14-39(35)67-21-19-52)23-38(45(63)54-20-18-51)59-44(62)29(3)57-47(42)65/h8-15,22,24,29,34,37-38,42,61H,16-17,19-21,23,25-26,50,52-53H2,1-7H3,(H,54,63)(H,57,65)(H,58,64)(H,59,62)/t29-,34+,37-,38-,42-/m0/s1. The molecule has 0 saturated carbocycles. The predicted molar refractivity (Wildman–Crippen MR) is 255 cm³/mol. The van der Waals surface area contributed by atoms with Gasteiger partial charge >= 0.3 is 0 Å². The van der Waals surface area contributed by atoms with Gasteiger partial charge < -0.3 is 57.9 Å². The molecule has 0 radical (unpaired) electrons. The van der Waals surface area contributed by atoms with E-state index in [0.717, 1.165) is 16.0 Å². The van der Waals surface area contributed by atoms with Crippen molar-refractivity contribution in [2.75, 3.05) is 46.4 Å². The number of aryl methyl sites for hydroxylation is 2. The second-order valence-electron chi connectivity index (χ2n) is 17.7. The van der Waals surface area contributed by atoms with E-state index in [4.69, 9.17) is 26.7 Å². The summed E-state index contributed by atoms with van der Waals surface area (Å²) in [5.41, 5.74) is 22.0. The molecule has 5 atom stereocenters. The van der Waals surface area contributed by atoms with Crippen LogP contribution in [0.4, 0.5) is 0 Å². The van der Waals surface area contributed by atoms with E-state index < -0.39 is 59.8 Å². The van der Waals surface area contributed by atoms with Crippen molar-refractivity contribution >= 4 is 29.5 Å². The lowest BCUT2D eigenvalue weighted by molar-refractivity contribution is -0.141. The summed E-state index contributed by atoms with van der Waals surface area (Å²) in [5, 5.41) is 30.3. The van der Waals surface area contributed by atoms with Gasteiger partial charge in [-0.1, -0.05) is 57.2 Å². The van der Waals surface area contributed by atoms with Crippen molar-refractivity contribution in [1.29, 1.82) is 5.26 Å². The maximum absolute atomic E-state index is 14.8. The highest BCUT2D eigenvalue weighted by molar-refractivity contribution is 6.00. The number of amides is 5. The van der Waals surface area contributed by atoms with E-state index in [1.807, 2.05) is 30.3 Å². The lowest BCUT2D eigenvalue weighted by Crippen LogP contribution is -2.56. The van der Waals surface area contributed by atoms with Gasteiger partial charge in [0, 0.05) is 43.2 Å². The highest BCUT2D eigenvalue weighted by Gasteiger charge is 2.36. The number of likely N-dealkylation sites (N-methyl/N-ethyl adjacent to an activating group) is 1. The molecule has 5 amide bonds. The fraction of sp³-hybridized carbons (Fsp3) is 0.429. The number of aromatic nitrogens is 2. The van der Waals surface area contributed by atoms with Gasteiger partial charge in [-0.05, 0) is 80.1 Å². The Morgan fingerprint density at radius 3 is 2.19 bits per heavy atom. The van der Waals surface area contributed by atoms with Crippen LogP contribution in [0.2, 0.25) is 0 Å². The Morgan fingerprint density at radius 2 is 1.57 bits per heavy atom. The van der Waals surface area contributed by atoms with Crippen molar-refractivity contribution in [2.45, 2.75) is 90.1 Å². The molecule has 0 fully saturated rings. The topological polar surface area (TPSA) is 303 Å². The molecule has 4 aromatic rings. The zero-order chi connectivity index (χ0) is 49.9. The molecule has 1 aliphatic heterocycles. The van der Waals surface area contributed by atoms with Crippen LogP contribution in [-0.2, 0) is 31.0 Å². The SMILES string of the molecule is Cc1nc(-c2ccc(C(C)(C)C)cc2)nc(C)c1C(=O)N[C@@H](CCN)C(=O)N(C)[C@@H]1C(=O)N[C@@H](C)C(=O)N[C@H](C(=O)NCC#N)Cc2ccc(OCCN)c(c2)-c2cc1ccc2OC[C@H](O)CN. The third-order valence-electron chi connectivity index (χ3n) is 11.4. The molecule has 5 rings (SSSR count). The summed E-state index contributed by atoms with van der Waals surface area (Å²) in [7, 11) is 1.39. The Morgan fingerprint density at radius 1 is 0.926 bits per heavy atom. The molecule has 11 N–H and O–H groups in total. The Kier molecular flexibility index (Phi) is 17.7. The highest BCUT2D eigenvalue weighted by atomic mass is 16.5. The lowest BCUT2D eigenvalue weighted by atomic mass is 9.86. The molecular formula is C49H63N11O8. The van der Waals surface area contributed by atoms with Crippen molar-refractivity contribution in [2.24, 2.45) is 17.2 Å². The number of carbonyl (C=O) groups is 5. The smallest absolute Gasteiger partial charge is 0.255 e. The summed E-state index contributed by atoms with van der Waals surface area (Å²) in [5.74, 6) is -2.46. The lowest BCUT2D eigenvalue weighted by Gasteiger charge is -2.32. The molecule has 4 bridgehead atoms. The van der Waals surface area contributed by atoms with Crippen molar-refractivity contribution in [3.05, 3.63) is 94.3 Å². The molecule has 1 aliphatic rings. The number of carbonyl (C=O) groups excluding carboxylic acids is 5. The third kappa shape index (κ3) is 12.7. The Hall–Kier alpha value is -6.98. The van der Waals surface area contributed by atoms with E-state index in [9.17, 15) is 34.3 Å². The average Bonchev–Trinajstić information content (AvgIpc) is 3.30. The van der Waals surface area contributed by atoms with Gasteiger partial charge in [0.05, 0.1) is 23.0 Å². The third-order valence-corrected chi connectivity index (χ3v) is 11.4. The second kappa shape index (κ2) is 23.2. The first-order valence-corrected chi connectivity index (χ1v) is 22.4. The number of hydrogen-bond acceptors (Lipinski definition) is 14. The van der Waals surface area contributed by atoms with Crippen LogP contribution in [0.1, 0.15) is 78.6 Å². The monoisotopic (exact) mass is 933 g/mol. The number of fused-ring (bicyclic) bond motifs is 5. The van der Waals surface area contributed by atoms with Crippen molar-refractivity contribution in [1.82, 2.24) is 36.1 Å². The molecule has 1 aromatic heterocycles. The number of nitrogens with zero attached hydrogens (tertiary/aromatic N) is 4. The summed E-state index contributed by atoms with van der Waals surface area (Å²) >= 11 is 0. The first-order chi connectivity index (χ1) is 32.3. The van der Waals surface area contributed by atoms with Gasteiger partial charge in [-0.25, -0.2) is 9.97 Å². The van der Waals surface area contributed by atoms with Gasteiger partial charge in [-0.3, -0.25) is 24.0 Å². The largest absolute Gasteiger partial charge is 0.492 e. The molecule has 19 nitrogen and oxygen atoms in total. The van der Waals surface area contributed by atoms with E-state index in [1.165, 1.54) is 14.0 Å². The summed E-state index contributed by atoms with van der Waals surface area (Å²) in [6.07, 6.45) is -1.09. The van der Waals surface area contributed by atoms with Gasteiger partial charge in [0.1, 0.15) is 61.5 Å². The molecule has 2 heterocycles. The molecule has 0 aliphatic carbocycles. The molecule has 68 heavy (non-hydrogen) atoms. The molecule has 19 heteroatoms. The van der Waals surface area contributed by atoms with Crippen LogP contribution < -0.4 is 47.9 Å². The Balaban J connectivity index is 1.59. The van der Waals surface area contributed by atoms with Gasteiger partial charge in [0.15, 0.2) is 5.82 Å². The van der Waals surface area contributed by atoms with Gasteiger partial charge in [0.2, 0.25) is 23.6 Å². The normalized spacial score (nSPS) is 17.0. The van der Waals surface area contributed by atoms with E-state index in [0.29, 0.717) is 39.7 Å². The minimum atomic E-state index is -1.46. The van der Waals surface area contributed by atoms with E-state index in [2.05, 4.69) is 52.0 Å². The first-order valence-electron chi connectivity index (χ1n) is 22.4. The highest BCUT2D eigenvalue weighted by Crippen LogP contribution is 2.40. The predicted octanol–water partition coefficient (Wildman–Crippen LogP) is 1.59. The second-order valence-corrected chi connectivity index (χ2v) is 17.7. The first kappa shape index (κ1) is 52.0. The van der Waals surface area contributed by atoms with Crippen LogP contribution in [0.15, 0.2) is 60.7 Å². The summed E-state index contributed by atoms with van der Waals surface area (Å²) in [4.78, 5) is 81.2. The Labute approximate surface area is 396 Å². The molecule has 362 valence electrons. The fourth-order valence-electron chi connectivity index (χ4n) is 7.74. The van der Waals surface area contributed by atoms with Crippen LogP contribution in [-0.4, -0.2) is 120 Å². The molecule has 0 spiro atoms.